The third-order valence-corrected chi connectivity index (χ3v) is 3.22. The molecule has 0 aromatic heterocycles. The van der Waals surface area contributed by atoms with E-state index >= 15 is 0 Å². The van der Waals surface area contributed by atoms with Crippen LogP contribution in [0.1, 0.15) is 31.2 Å². The molecule has 1 aromatic carbocycles. The molecule has 1 aliphatic heterocycles. The van der Waals surface area contributed by atoms with Gasteiger partial charge in [0, 0.05) is 11.6 Å². The molecule has 0 spiro atoms. The maximum atomic E-state index is 13.3. The van der Waals surface area contributed by atoms with Crippen molar-refractivity contribution in [3.63, 3.8) is 0 Å². The maximum absolute atomic E-state index is 13.3. The summed E-state index contributed by atoms with van der Waals surface area (Å²) in [4.78, 5) is 0. The fourth-order valence-electron chi connectivity index (χ4n) is 2.26. The highest BCUT2D eigenvalue weighted by molar-refractivity contribution is 5.19. The Bertz CT molecular complexity index is 326. The Kier molecular flexibility index (Phi) is 3.88. The van der Waals surface area contributed by atoms with Gasteiger partial charge in [0.05, 0.1) is 0 Å². The lowest BCUT2D eigenvalue weighted by molar-refractivity contribution is 0.379. The van der Waals surface area contributed by atoms with Gasteiger partial charge in [-0.2, -0.15) is 0 Å². The number of benzene rings is 1. The Hall–Kier alpha value is -0.960. The molecule has 1 N–H and O–H groups in total. The van der Waals surface area contributed by atoms with Crippen molar-refractivity contribution in [1.82, 2.24) is 5.32 Å². The SMILES string of the molecule is Fc1cccc(F)c1CCC1CCCCN1. The number of rotatable bonds is 3. The van der Waals surface area contributed by atoms with Gasteiger partial charge in [-0.25, -0.2) is 8.78 Å². The molecule has 1 saturated heterocycles. The average Bonchev–Trinajstić information content (AvgIpc) is 2.30. The molecule has 1 atom stereocenters. The highest BCUT2D eigenvalue weighted by Crippen LogP contribution is 2.17. The van der Waals surface area contributed by atoms with E-state index in [0.717, 1.165) is 19.4 Å². The molecule has 2 rings (SSSR count). The van der Waals surface area contributed by atoms with Crippen LogP contribution in [0, 0.1) is 11.6 Å². The molecule has 0 saturated carbocycles. The Morgan fingerprint density at radius 1 is 1.19 bits per heavy atom. The molecule has 1 aliphatic rings. The lowest BCUT2D eigenvalue weighted by Gasteiger charge is -2.23. The monoisotopic (exact) mass is 225 g/mol. The third-order valence-electron chi connectivity index (χ3n) is 3.22. The second-order valence-electron chi connectivity index (χ2n) is 4.39. The van der Waals surface area contributed by atoms with Gasteiger partial charge in [0.2, 0.25) is 0 Å². The van der Waals surface area contributed by atoms with Crippen LogP contribution in [0.4, 0.5) is 8.78 Å². The standard InChI is InChI=1S/C13H17F2N/c14-12-5-3-6-13(15)11(12)8-7-10-4-1-2-9-16-10/h3,5-6,10,16H,1-2,4,7-9H2. The lowest BCUT2D eigenvalue weighted by Crippen LogP contribution is -2.34. The topological polar surface area (TPSA) is 12.0 Å². The Labute approximate surface area is 94.9 Å². The first-order valence-corrected chi connectivity index (χ1v) is 5.93. The zero-order chi connectivity index (χ0) is 11.4. The quantitative estimate of drug-likeness (QED) is 0.833. The number of piperidine rings is 1. The van der Waals surface area contributed by atoms with E-state index in [4.69, 9.17) is 0 Å². The van der Waals surface area contributed by atoms with Gasteiger partial charge in [-0.1, -0.05) is 12.5 Å². The van der Waals surface area contributed by atoms with E-state index in [1.165, 1.54) is 31.0 Å². The van der Waals surface area contributed by atoms with Crippen LogP contribution in [0.3, 0.4) is 0 Å². The molecule has 1 fully saturated rings. The van der Waals surface area contributed by atoms with Gasteiger partial charge in [-0.3, -0.25) is 0 Å². The summed E-state index contributed by atoms with van der Waals surface area (Å²) in [7, 11) is 0. The van der Waals surface area contributed by atoms with Crippen molar-refractivity contribution in [3.05, 3.63) is 35.4 Å². The molecule has 0 bridgehead atoms. The van der Waals surface area contributed by atoms with Crippen molar-refractivity contribution in [2.24, 2.45) is 0 Å². The van der Waals surface area contributed by atoms with Crippen molar-refractivity contribution < 1.29 is 8.78 Å². The van der Waals surface area contributed by atoms with E-state index in [-0.39, 0.29) is 5.56 Å². The van der Waals surface area contributed by atoms with Gasteiger partial charge in [-0.05, 0) is 44.4 Å². The molecule has 0 aliphatic carbocycles. The molecule has 1 heterocycles. The van der Waals surface area contributed by atoms with E-state index in [0.29, 0.717) is 12.5 Å². The van der Waals surface area contributed by atoms with Crippen LogP contribution in [-0.2, 0) is 6.42 Å². The van der Waals surface area contributed by atoms with Gasteiger partial charge in [0.1, 0.15) is 11.6 Å². The van der Waals surface area contributed by atoms with E-state index in [1.807, 2.05) is 0 Å². The first-order valence-electron chi connectivity index (χ1n) is 5.93. The Morgan fingerprint density at radius 3 is 2.56 bits per heavy atom. The zero-order valence-electron chi connectivity index (χ0n) is 9.31. The fraction of sp³-hybridized carbons (Fsp3) is 0.538. The van der Waals surface area contributed by atoms with Crippen LogP contribution < -0.4 is 5.32 Å². The van der Waals surface area contributed by atoms with E-state index in [1.54, 1.807) is 0 Å². The highest BCUT2D eigenvalue weighted by atomic mass is 19.1. The summed E-state index contributed by atoms with van der Waals surface area (Å²) in [6.45, 7) is 1.03. The normalized spacial score (nSPS) is 21.0. The van der Waals surface area contributed by atoms with Crippen LogP contribution in [0.25, 0.3) is 0 Å². The van der Waals surface area contributed by atoms with Crippen LogP contribution in [0.15, 0.2) is 18.2 Å². The summed E-state index contributed by atoms with van der Waals surface area (Å²) < 4.78 is 26.7. The summed E-state index contributed by atoms with van der Waals surface area (Å²) in [5, 5.41) is 3.38. The molecule has 0 amide bonds. The summed E-state index contributed by atoms with van der Waals surface area (Å²) in [5.41, 5.74) is 0.231. The first kappa shape index (κ1) is 11.5. The van der Waals surface area contributed by atoms with Gasteiger partial charge in [0.25, 0.3) is 0 Å². The smallest absolute Gasteiger partial charge is 0.129 e. The molecule has 16 heavy (non-hydrogen) atoms. The lowest BCUT2D eigenvalue weighted by atomic mass is 9.97. The predicted octanol–water partition coefficient (Wildman–Crippen LogP) is 3.04. The fourth-order valence-corrected chi connectivity index (χ4v) is 2.26. The second-order valence-corrected chi connectivity index (χ2v) is 4.39. The molecule has 1 nitrogen and oxygen atoms in total. The Balaban J connectivity index is 1.93. The first-order chi connectivity index (χ1) is 7.77. The van der Waals surface area contributed by atoms with Crippen molar-refractivity contribution in [3.8, 4) is 0 Å². The number of hydrogen-bond donors (Lipinski definition) is 1. The van der Waals surface area contributed by atoms with E-state index in [9.17, 15) is 8.78 Å². The second kappa shape index (κ2) is 5.39. The molecular weight excluding hydrogens is 208 g/mol. The molecule has 0 radical (unpaired) electrons. The summed E-state index contributed by atoms with van der Waals surface area (Å²) in [6, 6.07) is 4.49. The molecule has 3 heteroatoms. The highest BCUT2D eigenvalue weighted by Gasteiger charge is 2.15. The third kappa shape index (κ3) is 2.79. The van der Waals surface area contributed by atoms with Crippen molar-refractivity contribution in [2.45, 2.75) is 38.1 Å². The summed E-state index contributed by atoms with van der Waals surface area (Å²) in [6.07, 6.45) is 4.85. The van der Waals surface area contributed by atoms with Gasteiger partial charge in [0.15, 0.2) is 0 Å². The predicted molar refractivity (Wildman–Crippen MR) is 60.3 cm³/mol. The molecule has 1 aromatic rings. The van der Waals surface area contributed by atoms with Gasteiger partial charge >= 0.3 is 0 Å². The molecule has 88 valence electrons. The van der Waals surface area contributed by atoms with Gasteiger partial charge < -0.3 is 5.32 Å². The number of halogens is 2. The summed E-state index contributed by atoms with van der Waals surface area (Å²) >= 11 is 0. The average molecular weight is 225 g/mol. The van der Waals surface area contributed by atoms with Crippen LogP contribution in [-0.4, -0.2) is 12.6 Å². The largest absolute Gasteiger partial charge is 0.314 e. The van der Waals surface area contributed by atoms with Crippen molar-refractivity contribution >= 4 is 0 Å². The van der Waals surface area contributed by atoms with Crippen LogP contribution in [0.2, 0.25) is 0 Å². The van der Waals surface area contributed by atoms with Crippen molar-refractivity contribution in [1.29, 1.82) is 0 Å². The minimum absolute atomic E-state index is 0.231. The van der Waals surface area contributed by atoms with E-state index in [2.05, 4.69) is 5.32 Å². The zero-order valence-corrected chi connectivity index (χ0v) is 9.31. The van der Waals surface area contributed by atoms with E-state index < -0.39 is 11.6 Å². The minimum Gasteiger partial charge on any atom is -0.314 e. The summed E-state index contributed by atoms with van der Waals surface area (Å²) in [5.74, 6) is -0.841. The maximum Gasteiger partial charge on any atom is 0.129 e. The van der Waals surface area contributed by atoms with Gasteiger partial charge in [-0.15, -0.1) is 0 Å². The van der Waals surface area contributed by atoms with Crippen molar-refractivity contribution in [2.75, 3.05) is 6.54 Å². The Morgan fingerprint density at radius 2 is 1.94 bits per heavy atom. The minimum atomic E-state index is -0.421. The van der Waals surface area contributed by atoms with Crippen LogP contribution in [0.5, 0.6) is 0 Å². The van der Waals surface area contributed by atoms with Crippen LogP contribution >= 0.6 is 0 Å². The molecule has 1 unspecified atom stereocenters. The number of hydrogen-bond acceptors (Lipinski definition) is 1. The molecular formula is C13H17F2N. The number of nitrogens with one attached hydrogen (secondary N) is 1.